The number of imidazole rings is 1. The molecule has 8 nitrogen and oxygen atoms in total. The molecule has 2 aromatic carbocycles. The van der Waals surface area contributed by atoms with Crippen LogP contribution in [-0.4, -0.2) is 32.0 Å². The lowest BCUT2D eigenvalue weighted by atomic mass is 10.1. The van der Waals surface area contributed by atoms with Gasteiger partial charge in [0.15, 0.2) is 0 Å². The van der Waals surface area contributed by atoms with Gasteiger partial charge in [0.1, 0.15) is 23.7 Å². The van der Waals surface area contributed by atoms with Crippen molar-refractivity contribution >= 4 is 29.1 Å². The zero-order valence-corrected chi connectivity index (χ0v) is 18.4. The van der Waals surface area contributed by atoms with Crippen molar-refractivity contribution in [3.05, 3.63) is 94.9 Å². The molecule has 2 aromatic heterocycles. The Morgan fingerprint density at radius 2 is 2.00 bits per heavy atom. The summed E-state index contributed by atoms with van der Waals surface area (Å²) in [5.74, 6) is 0.167. The largest absolute Gasteiger partial charge is 0.343 e. The zero-order chi connectivity index (χ0) is 23.4. The molecular weight excluding hydrogens is 445 g/mol. The number of amides is 1. The Hall–Kier alpha value is -3.82. The van der Waals surface area contributed by atoms with Crippen LogP contribution in [0.2, 0.25) is 5.02 Å². The summed E-state index contributed by atoms with van der Waals surface area (Å²) in [6.07, 6.45) is 4.73. The van der Waals surface area contributed by atoms with Gasteiger partial charge in [0.2, 0.25) is 5.95 Å². The second-order valence-electron chi connectivity index (χ2n) is 7.32. The van der Waals surface area contributed by atoms with Crippen LogP contribution >= 0.6 is 11.6 Å². The number of rotatable bonds is 7. The van der Waals surface area contributed by atoms with Gasteiger partial charge in [-0.2, -0.15) is 4.98 Å². The molecule has 33 heavy (non-hydrogen) atoms. The molecule has 0 aliphatic heterocycles. The van der Waals surface area contributed by atoms with E-state index in [-0.39, 0.29) is 24.0 Å². The van der Waals surface area contributed by atoms with Crippen molar-refractivity contribution in [1.82, 2.24) is 24.8 Å². The van der Waals surface area contributed by atoms with E-state index >= 15 is 0 Å². The van der Waals surface area contributed by atoms with Gasteiger partial charge in [-0.3, -0.25) is 9.36 Å². The number of carbonyl (C=O) groups excluding carboxylic acids is 1. The molecule has 1 unspecified atom stereocenters. The normalized spacial score (nSPS) is 11.8. The van der Waals surface area contributed by atoms with Crippen molar-refractivity contribution < 1.29 is 9.18 Å². The van der Waals surface area contributed by atoms with E-state index < -0.39 is 6.04 Å². The highest BCUT2D eigenvalue weighted by Gasteiger charge is 2.18. The summed E-state index contributed by atoms with van der Waals surface area (Å²) in [4.78, 5) is 25.8. The molecule has 10 heteroatoms. The van der Waals surface area contributed by atoms with Crippen LogP contribution in [0.3, 0.4) is 0 Å². The highest BCUT2D eigenvalue weighted by molar-refractivity contribution is 6.30. The van der Waals surface area contributed by atoms with Crippen molar-refractivity contribution in [2.24, 2.45) is 5.73 Å². The zero-order valence-electron chi connectivity index (χ0n) is 17.7. The van der Waals surface area contributed by atoms with Gasteiger partial charge in [0.05, 0.1) is 6.04 Å². The Morgan fingerprint density at radius 3 is 2.73 bits per heavy atom. The molecule has 0 radical (unpaired) electrons. The summed E-state index contributed by atoms with van der Waals surface area (Å²) >= 11 is 6.05. The van der Waals surface area contributed by atoms with Gasteiger partial charge in [0.25, 0.3) is 5.91 Å². The fourth-order valence-electron chi connectivity index (χ4n) is 3.21. The van der Waals surface area contributed by atoms with Gasteiger partial charge in [-0.15, -0.1) is 0 Å². The Kier molecular flexibility index (Phi) is 6.62. The fourth-order valence-corrected chi connectivity index (χ4v) is 3.41. The molecule has 0 saturated carbocycles. The minimum absolute atomic E-state index is 0.205. The van der Waals surface area contributed by atoms with E-state index in [1.807, 2.05) is 13.0 Å². The quantitative estimate of drug-likeness (QED) is 0.381. The van der Waals surface area contributed by atoms with E-state index in [1.165, 1.54) is 18.5 Å². The maximum absolute atomic E-state index is 13.1. The molecule has 0 spiro atoms. The third-order valence-corrected chi connectivity index (χ3v) is 5.13. The van der Waals surface area contributed by atoms with Crippen molar-refractivity contribution in [1.29, 1.82) is 0 Å². The number of halogens is 2. The molecule has 0 fully saturated rings. The van der Waals surface area contributed by atoms with Gasteiger partial charge in [-0.05, 0) is 48.9 Å². The smallest absolute Gasteiger partial charge is 0.272 e. The number of hydrogen-bond donors (Lipinski definition) is 3. The summed E-state index contributed by atoms with van der Waals surface area (Å²) in [7, 11) is 0. The summed E-state index contributed by atoms with van der Waals surface area (Å²) < 4.78 is 14.8. The Morgan fingerprint density at radius 1 is 1.21 bits per heavy atom. The van der Waals surface area contributed by atoms with E-state index in [0.29, 0.717) is 22.5 Å². The lowest BCUT2D eigenvalue weighted by Crippen LogP contribution is -2.33. The molecule has 4 aromatic rings. The molecule has 0 aliphatic carbocycles. The standard InChI is InChI=1S/C23H21ClFN7O/c1-14-11-27-23(29-18-7-5-17(25)6-8-18)31-21(14)32-12-20(28-13-32)22(33)30-19(10-26)15-3-2-4-16(24)9-15/h2-9,11-13,19H,10,26H2,1H3,(H,30,33)(H,27,29,31). The van der Waals surface area contributed by atoms with E-state index in [0.717, 1.165) is 11.1 Å². The molecule has 168 valence electrons. The third-order valence-electron chi connectivity index (χ3n) is 4.90. The number of anilines is 2. The first kappa shape index (κ1) is 22.4. The first-order valence-corrected chi connectivity index (χ1v) is 10.5. The molecule has 0 aliphatic rings. The average Bonchev–Trinajstić information content (AvgIpc) is 3.30. The van der Waals surface area contributed by atoms with Gasteiger partial charge in [-0.25, -0.2) is 14.4 Å². The second kappa shape index (κ2) is 9.76. The van der Waals surface area contributed by atoms with E-state index in [2.05, 4.69) is 25.6 Å². The van der Waals surface area contributed by atoms with Crippen LogP contribution in [-0.2, 0) is 0 Å². The van der Waals surface area contributed by atoms with Crippen LogP contribution in [0, 0.1) is 12.7 Å². The monoisotopic (exact) mass is 465 g/mol. The summed E-state index contributed by atoms with van der Waals surface area (Å²) in [5, 5.41) is 6.47. The third kappa shape index (κ3) is 5.33. The Labute approximate surface area is 194 Å². The molecule has 4 rings (SSSR count). The number of nitrogens with one attached hydrogen (secondary N) is 2. The highest BCUT2D eigenvalue weighted by Crippen LogP contribution is 2.19. The Balaban J connectivity index is 1.52. The average molecular weight is 466 g/mol. The molecule has 1 amide bonds. The number of nitrogens with zero attached hydrogens (tertiary/aromatic N) is 4. The van der Waals surface area contributed by atoms with Gasteiger partial charge in [0, 0.05) is 35.2 Å². The summed E-state index contributed by atoms with van der Waals surface area (Å²) in [5.41, 5.74) is 8.30. The maximum Gasteiger partial charge on any atom is 0.272 e. The first-order chi connectivity index (χ1) is 15.9. The highest BCUT2D eigenvalue weighted by atomic mass is 35.5. The summed E-state index contributed by atoms with van der Waals surface area (Å²) in [6, 6.07) is 12.6. The van der Waals surface area contributed by atoms with Crippen molar-refractivity contribution in [2.75, 3.05) is 11.9 Å². The lowest BCUT2D eigenvalue weighted by molar-refractivity contribution is 0.0933. The number of aromatic nitrogens is 4. The molecule has 2 heterocycles. The Bertz CT molecular complexity index is 1280. The maximum atomic E-state index is 13.1. The molecule has 0 saturated heterocycles. The van der Waals surface area contributed by atoms with Crippen molar-refractivity contribution in [3.63, 3.8) is 0 Å². The van der Waals surface area contributed by atoms with Gasteiger partial charge >= 0.3 is 0 Å². The number of carbonyl (C=O) groups is 1. The lowest BCUT2D eigenvalue weighted by Gasteiger charge is -2.16. The van der Waals surface area contributed by atoms with Crippen LogP contribution < -0.4 is 16.4 Å². The fraction of sp³-hybridized carbons (Fsp3) is 0.130. The number of aryl methyl sites for hydroxylation is 1. The summed E-state index contributed by atoms with van der Waals surface area (Å²) in [6.45, 7) is 2.05. The van der Waals surface area contributed by atoms with Crippen LogP contribution in [0.4, 0.5) is 16.0 Å². The predicted molar refractivity (Wildman–Crippen MR) is 124 cm³/mol. The SMILES string of the molecule is Cc1cnc(Nc2ccc(F)cc2)nc1-n1cnc(C(=O)NC(CN)c2cccc(Cl)c2)c1. The van der Waals surface area contributed by atoms with Crippen molar-refractivity contribution in [2.45, 2.75) is 13.0 Å². The van der Waals surface area contributed by atoms with Crippen molar-refractivity contribution in [3.8, 4) is 5.82 Å². The topological polar surface area (TPSA) is 111 Å². The minimum atomic E-state index is -0.409. The number of nitrogens with two attached hydrogens (primary N) is 1. The van der Waals surface area contributed by atoms with Gasteiger partial charge in [-0.1, -0.05) is 23.7 Å². The first-order valence-electron chi connectivity index (χ1n) is 10.1. The van der Waals surface area contributed by atoms with Crippen LogP contribution in [0.15, 0.2) is 67.3 Å². The number of benzene rings is 2. The van der Waals surface area contributed by atoms with Gasteiger partial charge < -0.3 is 16.4 Å². The van der Waals surface area contributed by atoms with Crippen LogP contribution in [0.1, 0.15) is 27.7 Å². The second-order valence-corrected chi connectivity index (χ2v) is 7.75. The van der Waals surface area contributed by atoms with Crippen LogP contribution in [0.5, 0.6) is 0 Å². The number of hydrogen-bond acceptors (Lipinski definition) is 6. The van der Waals surface area contributed by atoms with E-state index in [1.54, 1.807) is 47.3 Å². The van der Waals surface area contributed by atoms with E-state index in [4.69, 9.17) is 17.3 Å². The predicted octanol–water partition coefficient (Wildman–Crippen LogP) is 3.94. The minimum Gasteiger partial charge on any atom is -0.343 e. The molecule has 0 bridgehead atoms. The molecular formula is C23H21ClFN7O. The molecule has 1 atom stereocenters. The van der Waals surface area contributed by atoms with Crippen LogP contribution in [0.25, 0.3) is 5.82 Å². The molecule has 4 N–H and O–H groups in total. The van der Waals surface area contributed by atoms with E-state index in [9.17, 15) is 9.18 Å².